The molecule has 1 atom stereocenters. The molecule has 1 saturated heterocycles. The van der Waals surface area contributed by atoms with Crippen LogP contribution in [0.1, 0.15) is 11.4 Å². The van der Waals surface area contributed by atoms with Crippen LogP contribution in [0.4, 0.5) is 11.4 Å². The van der Waals surface area contributed by atoms with Crippen LogP contribution in [0.15, 0.2) is 12.1 Å². The van der Waals surface area contributed by atoms with Crippen molar-refractivity contribution in [1.82, 2.24) is 10.3 Å². The van der Waals surface area contributed by atoms with Crippen molar-refractivity contribution >= 4 is 32.9 Å². The van der Waals surface area contributed by atoms with Crippen LogP contribution in [0.5, 0.6) is 0 Å². The van der Waals surface area contributed by atoms with Crippen LogP contribution in [0.3, 0.4) is 0 Å². The SMILES string of the molecule is CNC1CCN(c2cc3nc(C)sc3cc2[N+](=O)[O-])C1. The van der Waals surface area contributed by atoms with Gasteiger partial charge >= 0.3 is 0 Å². The number of rotatable bonds is 3. The molecule has 6 nitrogen and oxygen atoms in total. The molecule has 0 aliphatic carbocycles. The van der Waals surface area contributed by atoms with E-state index in [0.29, 0.717) is 11.7 Å². The molecule has 1 aromatic carbocycles. The highest BCUT2D eigenvalue weighted by atomic mass is 32.1. The molecule has 106 valence electrons. The molecule has 7 heteroatoms. The number of benzene rings is 1. The fourth-order valence-corrected chi connectivity index (χ4v) is 3.52. The van der Waals surface area contributed by atoms with Gasteiger partial charge in [-0.15, -0.1) is 11.3 Å². The van der Waals surface area contributed by atoms with Gasteiger partial charge in [0.1, 0.15) is 5.69 Å². The van der Waals surface area contributed by atoms with Crippen LogP contribution in [-0.4, -0.2) is 36.1 Å². The lowest BCUT2D eigenvalue weighted by Gasteiger charge is -2.18. The first-order valence-corrected chi connectivity index (χ1v) is 7.38. The predicted molar refractivity (Wildman–Crippen MR) is 80.7 cm³/mol. The number of aromatic nitrogens is 1. The third kappa shape index (κ3) is 2.23. The molecule has 0 radical (unpaired) electrons. The second-order valence-corrected chi connectivity index (χ2v) is 6.25. The number of nitrogens with one attached hydrogen (secondary N) is 1. The summed E-state index contributed by atoms with van der Waals surface area (Å²) in [4.78, 5) is 17.5. The number of aryl methyl sites for hydroxylation is 1. The number of thiazole rings is 1. The zero-order valence-electron chi connectivity index (χ0n) is 11.4. The Kier molecular flexibility index (Phi) is 3.31. The number of fused-ring (bicyclic) bond motifs is 1. The average Bonchev–Trinajstić information content (AvgIpc) is 3.01. The highest BCUT2D eigenvalue weighted by Crippen LogP contribution is 2.36. The van der Waals surface area contributed by atoms with E-state index in [1.54, 1.807) is 6.07 Å². The van der Waals surface area contributed by atoms with Crippen molar-refractivity contribution in [2.45, 2.75) is 19.4 Å². The Hall–Kier alpha value is -1.73. The van der Waals surface area contributed by atoms with E-state index >= 15 is 0 Å². The van der Waals surface area contributed by atoms with Gasteiger partial charge in [-0.1, -0.05) is 0 Å². The average molecular weight is 292 g/mol. The third-order valence-corrected chi connectivity index (χ3v) is 4.66. The molecule has 0 spiro atoms. The number of likely N-dealkylation sites (N-methyl/N-ethyl adjacent to an activating group) is 1. The van der Waals surface area contributed by atoms with Crippen molar-refractivity contribution < 1.29 is 4.92 Å². The van der Waals surface area contributed by atoms with Gasteiger partial charge in [-0.2, -0.15) is 0 Å². The molecule has 3 rings (SSSR count). The van der Waals surface area contributed by atoms with Gasteiger partial charge in [0.15, 0.2) is 0 Å². The summed E-state index contributed by atoms with van der Waals surface area (Å²) in [5.74, 6) is 0. The van der Waals surface area contributed by atoms with Crippen molar-refractivity contribution in [3.05, 3.63) is 27.3 Å². The van der Waals surface area contributed by atoms with E-state index in [9.17, 15) is 10.1 Å². The van der Waals surface area contributed by atoms with E-state index in [1.165, 1.54) is 11.3 Å². The van der Waals surface area contributed by atoms with E-state index in [2.05, 4.69) is 15.2 Å². The maximum absolute atomic E-state index is 11.3. The van der Waals surface area contributed by atoms with Gasteiger partial charge in [-0.25, -0.2) is 4.98 Å². The van der Waals surface area contributed by atoms with Crippen LogP contribution < -0.4 is 10.2 Å². The Balaban J connectivity index is 2.07. The quantitative estimate of drug-likeness (QED) is 0.694. The second kappa shape index (κ2) is 4.99. The normalized spacial score (nSPS) is 18.9. The summed E-state index contributed by atoms with van der Waals surface area (Å²) >= 11 is 1.49. The largest absolute Gasteiger partial charge is 0.364 e. The van der Waals surface area contributed by atoms with E-state index in [0.717, 1.165) is 34.7 Å². The number of anilines is 1. The summed E-state index contributed by atoms with van der Waals surface area (Å²) in [5.41, 5.74) is 1.71. The fraction of sp³-hybridized carbons (Fsp3) is 0.462. The number of hydrogen-bond acceptors (Lipinski definition) is 6. The molecule has 1 unspecified atom stereocenters. The Morgan fingerprint density at radius 3 is 3.00 bits per heavy atom. The van der Waals surface area contributed by atoms with Gasteiger partial charge in [0, 0.05) is 25.2 Å². The number of nitro groups is 1. The van der Waals surface area contributed by atoms with Gasteiger partial charge < -0.3 is 10.2 Å². The minimum atomic E-state index is -0.295. The van der Waals surface area contributed by atoms with Gasteiger partial charge in [0.25, 0.3) is 5.69 Å². The summed E-state index contributed by atoms with van der Waals surface area (Å²) in [7, 11) is 1.93. The minimum absolute atomic E-state index is 0.179. The van der Waals surface area contributed by atoms with Crippen LogP contribution in [-0.2, 0) is 0 Å². The molecule has 20 heavy (non-hydrogen) atoms. The third-order valence-electron chi connectivity index (χ3n) is 3.73. The Morgan fingerprint density at radius 2 is 2.35 bits per heavy atom. The molecule has 2 aromatic rings. The number of hydrogen-bond donors (Lipinski definition) is 1. The number of nitrogens with zero attached hydrogens (tertiary/aromatic N) is 3. The van der Waals surface area contributed by atoms with E-state index in [-0.39, 0.29) is 10.6 Å². The van der Waals surface area contributed by atoms with Crippen LogP contribution in [0.2, 0.25) is 0 Å². The molecule has 2 heterocycles. The molecular weight excluding hydrogens is 276 g/mol. The lowest BCUT2D eigenvalue weighted by Crippen LogP contribution is -2.29. The summed E-state index contributed by atoms with van der Waals surface area (Å²) < 4.78 is 0.877. The summed E-state index contributed by atoms with van der Waals surface area (Å²) in [6.07, 6.45) is 1.00. The van der Waals surface area contributed by atoms with Gasteiger partial charge in [-0.3, -0.25) is 10.1 Å². The highest BCUT2D eigenvalue weighted by Gasteiger charge is 2.27. The Bertz CT molecular complexity index is 670. The molecule has 1 aromatic heterocycles. The van der Waals surface area contributed by atoms with Gasteiger partial charge in [0.05, 0.1) is 20.1 Å². The molecular formula is C13H16N4O2S. The van der Waals surface area contributed by atoms with E-state index < -0.39 is 0 Å². The smallest absolute Gasteiger partial charge is 0.294 e. The summed E-state index contributed by atoms with van der Waals surface area (Å²) in [6.45, 7) is 3.55. The maximum atomic E-state index is 11.3. The molecule has 1 aliphatic heterocycles. The van der Waals surface area contributed by atoms with Crippen molar-refractivity contribution in [3.8, 4) is 0 Å². The summed E-state index contributed by atoms with van der Waals surface area (Å²) in [5, 5.41) is 15.5. The van der Waals surface area contributed by atoms with Crippen molar-refractivity contribution in [3.63, 3.8) is 0 Å². The van der Waals surface area contributed by atoms with Crippen LogP contribution >= 0.6 is 11.3 Å². The predicted octanol–water partition coefficient (Wildman–Crippen LogP) is 2.31. The van der Waals surface area contributed by atoms with Crippen molar-refractivity contribution in [1.29, 1.82) is 0 Å². The monoisotopic (exact) mass is 292 g/mol. The zero-order valence-corrected chi connectivity index (χ0v) is 12.2. The lowest BCUT2D eigenvalue weighted by atomic mass is 10.2. The minimum Gasteiger partial charge on any atom is -0.364 e. The van der Waals surface area contributed by atoms with Crippen molar-refractivity contribution in [2.24, 2.45) is 0 Å². The lowest BCUT2D eigenvalue weighted by molar-refractivity contribution is -0.384. The van der Waals surface area contributed by atoms with E-state index in [4.69, 9.17) is 0 Å². The first-order valence-electron chi connectivity index (χ1n) is 6.56. The van der Waals surface area contributed by atoms with Crippen molar-refractivity contribution in [2.75, 3.05) is 25.0 Å². The highest BCUT2D eigenvalue weighted by molar-refractivity contribution is 7.18. The second-order valence-electron chi connectivity index (χ2n) is 5.02. The molecule has 1 N–H and O–H groups in total. The molecule has 1 aliphatic rings. The van der Waals surface area contributed by atoms with Crippen LogP contribution in [0, 0.1) is 17.0 Å². The Morgan fingerprint density at radius 1 is 1.55 bits per heavy atom. The Labute approximate surface area is 120 Å². The fourth-order valence-electron chi connectivity index (χ4n) is 2.68. The number of nitro benzene ring substituents is 1. The molecule has 0 saturated carbocycles. The summed E-state index contributed by atoms with van der Waals surface area (Å²) in [6, 6.07) is 3.90. The zero-order chi connectivity index (χ0) is 14.3. The standard InChI is InChI=1S/C13H16N4O2S/c1-8-15-10-5-11(16-4-3-9(7-16)14-2)12(17(18)19)6-13(10)20-8/h5-6,9,14H,3-4,7H2,1-2H3. The molecule has 1 fully saturated rings. The van der Waals surface area contributed by atoms with Gasteiger partial charge in [-0.05, 0) is 26.5 Å². The molecule has 0 bridgehead atoms. The first-order chi connectivity index (χ1) is 9.58. The molecule has 0 amide bonds. The van der Waals surface area contributed by atoms with Crippen LogP contribution in [0.25, 0.3) is 10.2 Å². The maximum Gasteiger partial charge on any atom is 0.294 e. The topological polar surface area (TPSA) is 71.3 Å². The van der Waals surface area contributed by atoms with E-state index in [1.807, 2.05) is 20.0 Å². The first kappa shape index (κ1) is 13.3. The van der Waals surface area contributed by atoms with Gasteiger partial charge in [0.2, 0.25) is 0 Å².